The number of aliphatic hydroxyl groups excluding tert-OH is 1. The van der Waals surface area contributed by atoms with E-state index >= 15 is 0 Å². The van der Waals surface area contributed by atoms with Crippen LogP contribution in [0.25, 0.3) is 0 Å². The molecule has 0 aromatic rings. The molecule has 0 saturated heterocycles. The lowest BCUT2D eigenvalue weighted by Gasteiger charge is -2.03. The maximum Gasteiger partial charge on any atom is 0.217 e. The van der Waals surface area contributed by atoms with Gasteiger partial charge >= 0.3 is 0 Å². The number of hydrogen-bond acceptors (Lipinski definition) is 2. The lowest BCUT2D eigenvalue weighted by Crippen LogP contribution is -2.15. The van der Waals surface area contributed by atoms with Crippen molar-refractivity contribution in [3.05, 3.63) is 6.42 Å². The first-order valence-electron chi connectivity index (χ1n) is 2.89. The van der Waals surface area contributed by atoms with Crippen LogP contribution >= 0.6 is 0 Å². The summed E-state index contributed by atoms with van der Waals surface area (Å²) < 4.78 is 0. The van der Waals surface area contributed by atoms with Crippen molar-refractivity contribution >= 4 is 5.91 Å². The predicted octanol–water partition coefficient (Wildman–Crippen LogP) is -0.306. The summed E-state index contributed by atoms with van der Waals surface area (Å²) >= 11 is 0. The first-order valence-corrected chi connectivity index (χ1v) is 2.89. The highest BCUT2D eigenvalue weighted by Gasteiger charge is 2.03. The summed E-state index contributed by atoms with van der Waals surface area (Å²) in [6.07, 6.45) is 1.96. The zero-order chi connectivity index (χ0) is 7.28. The van der Waals surface area contributed by atoms with Gasteiger partial charge in [-0.1, -0.05) is 6.92 Å². The molecule has 0 aliphatic heterocycles. The topological polar surface area (TPSA) is 63.3 Å². The molecule has 0 unspecified atom stereocenters. The average Bonchev–Trinajstić information content (AvgIpc) is 1.63. The standard InChI is InChI=1S/C6H12NO2/c1-5(2-3-8)4-6(7)9/h2,5,8H,3-4H2,1H3,(H2,7,9)/t5-/m0/s1. The van der Waals surface area contributed by atoms with Gasteiger partial charge in [-0.25, -0.2) is 0 Å². The van der Waals surface area contributed by atoms with Gasteiger partial charge < -0.3 is 10.8 Å². The molecular weight excluding hydrogens is 118 g/mol. The number of amides is 1. The Bertz CT molecular complexity index is 93.1. The first kappa shape index (κ1) is 8.43. The minimum Gasteiger partial charge on any atom is -0.396 e. The highest BCUT2D eigenvalue weighted by atomic mass is 16.3. The summed E-state index contributed by atoms with van der Waals surface area (Å²) in [4.78, 5) is 10.2. The van der Waals surface area contributed by atoms with E-state index in [0.29, 0.717) is 6.42 Å². The summed E-state index contributed by atoms with van der Waals surface area (Å²) in [6, 6.07) is 0. The molecule has 0 saturated carbocycles. The van der Waals surface area contributed by atoms with E-state index in [1.165, 1.54) is 0 Å². The second-order valence-corrected chi connectivity index (χ2v) is 2.07. The van der Waals surface area contributed by atoms with E-state index in [4.69, 9.17) is 10.8 Å². The average molecular weight is 130 g/mol. The van der Waals surface area contributed by atoms with E-state index in [9.17, 15) is 4.79 Å². The molecule has 0 aromatic carbocycles. The molecule has 0 heterocycles. The Kier molecular flexibility index (Phi) is 4.05. The third-order valence-corrected chi connectivity index (χ3v) is 1.03. The zero-order valence-corrected chi connectivity index (χ0v) is 5.50. The van der Waals surface area contributed by atoms with Crippen molar-refractivity contribution in [2.24, 2.45) is 11.7 Å². The highest BCUT2D eigenvalue weighted by Crippen LogP contribution is 2.03. The second kappa shape index (κ2) is 4.32. The molecule has 0 rings (SSSR count). The Morgan fingerprint density at radius 2 is 2.44 bits per heavy atom. The van der Waals surface area contributed by atoms with Gasteiger partial charge in [-0.3, -0.25) is 4.79 Å². The van der Waals surface area contributed by atoms with Crippen molar-refractivity contribution in [3.8, 4) is 0 Å². The molecule has 0 aliphatic rings. The maximum absolute atomic E-state index is 10.2. The SMILES string of the molecule is C[C@@H]([CH]CO)CC(N)=O. The molecule has 1 amide bonds. The lowest BCUT2D eigenvalue weighted by molar-refractivity contribution is -0.118. The van der Waals surface area contributed by atoms with Crippen molar-refractivity contribution < 1.29 is 9.90 Å². The first-order chi connectivity index (χ1) is 4.16. The Morgan fingerprint density at radius 1 is 1.89 bits per heavy atom. The summed E-state index contributed by atoms with van der Waals surface area (Å²) in [6.45, 7) is 1.84. The van der Waals surface area contributed by atoms with E-state index in [-0.39, 0.29) is 18.4 Å². The Labute approximate surface area is 54.9 Å². The van der Waals surface area contributed by atoms with Crippen LogP contribution in [0, 0.1) is 12.3 Å². The van der Waals surface area contributed by atoms with Crippen LogP contribution in [0.4, 0.5) is 0 Å². The van der Waals surface area contributed by atoms with Crippen molar-refractivity contribution in [1.82, 2.24) is 0 Å². The largest absolute Gasteiger partial charge is 0.396 e. The van der Waals surface area contributed by atoms with Gasteiger partial charge in [0.15, 0.2) is 0 Å². The Morgan fingerprint density at radius 3 is 2.78 bits per heavy atom. The quantitative estimate of drug-likeness (QED) is 0.548. The number of hydrogen-bond donors (Lipinski definition) is 2. The van der Waals surface area contributed by atoms with Crippen molar-refractivity contribution in [1.29, 1.82) is 0 Å². The van der Waals surface area contributed by atoms with Gasteiger partial charge in [0.1, 0.15) is 0 Å². The van der Waals surface area contributed by atoms with E-state index in [1.807, 2.05) is 6.92 Å². The number of aliphatic hydroxyl groups is 1. The molecule has 0 aliphatic carbocycles. The van der Waals surface area contributed by atoms with Crippen molar-refractivity contribution in [3.63, 3.8) is 0 Å². The van der Waals surface area contributed by atoms with Gasteiger partial charge in [-0.05, 0) is 12.3 Å². The van der Waals surface area contributed by atoms with E-state index in [1.54, 1.807) is 6.42 Å². The van der Waals surface area contributed by atoms with Crippen LogP contribution in [0.15, 0.2) is 0 Å². The van der Waals surface area contributed by atoms with Crippen LogP contribution in [0.2, 0.25) is 0 Å². The molecule has 3 N–H and O–H groups in total. The fourth-order valence-electron chi connectivity index (χ4n) is 0.581. The van der Waals surface area contributed by atoms with Crippen molar-refractivity contribution in [2.75, 3.05) is 6.61 Å². The van der Waals surface area contributed by atoms with Gasteiger partial charge in [-0.15, -0.1) is 0 Å². The van der Waals surface area contributed by atoms with Crippen LogP contribution in [0.3, 0.4) is 0 Å². The third kappa shape index (κ3) is 5.30. The predicted molar refractivity (Wildman–Crippen MR) is 34.4 cm³/mol. The van der Waals surface area contributed by atoms with Gasteiger partial charge in [-0.2, -0.15) is 0 Å². The molecular formula is C6H12NO2. The number of carbonyl (C=O) groups excluding carboxylic acids is 1. The highest BCUT2D eigenvalue weighted by molar-refractivity contribution is 5.74. The maximum atomic E-state index is 10.2. The summed E-state index contributed by atoms with van der Waals surface area (Å²) in [5, 5.41) is 8.34. The fraction of sp³-hybridized carbons (Fsp3) is 0.667. The third-order valence-electron chi connectivity index (χ3n) is 1.03. The van der Waals surface area contributed by atoms with E-state index in [0.717, 1.165) is 0 Å². The molecule has 1 radical (unpaired) electrons. The number of carbonyl (C=O) groups is 1. The summed E-state index contributed by atoms with van der Waals surface area (Å²) in [5.74, 6) is -0.236. The minimum atomic E-state index is -0.327. The van der Waals surface area contributed by atoms with Crippen LogP contribution in [-0.4, -0.2) is 17.6 Å². The molecule has 3 nitrogen and oxygen atoms in total. The monoisotopic (exact) mass is 130 g/mol. The molecule has 0 bridgehead atoms. The minimum absolute atomic E-state index is 0.00838. The van der Waals surface area contributed by atoms with Gasteiger partial charge in [0.25, 0.3) is 0 Å². The van der Waals surface area contributed by atoms with E-state index < -0.39 is 0 Å². The van der Waals surface area contributed by atoms with Crippen LogP contribution in [0.1, 0.15) is 13.3 Å². The number of nitrogens with two attached hydrogens (primary N) is 1. The summed E-state index contributed by atoms with van der Waals surface area (Å²) in [7, 11) is 0. The molecule has 1 atom stereocenters. The fourth-order valence-corrected chi connectivity index (χ4v) is 0.581. The van der Waals surface area contributed by atoms with Crippen LogP contribution in [-0.2, 0) is 4.79 Å². The number of primary amides is 1. The normalized spacial score (nSPS) is 13.1. The van der Waals surface area contributed by atoms with E-state index in [2.05, 4.69) is 0 Å². The van der Waals surface area contributed by atoms with Gasteiger partial charge in [0, 0.05) is 13.0 Å². The number of rotatable bonds is 4. The zero-order valence-electron chi connectivity index (χ0n) is 5.50. The second-order valence-electron chi connectivity index (χ2n) is 2.07. The lowest BCUT2D eigenvalue weighted by atomic mass is 10.0. The Hall–Kier alpha value is -0.570. The Balaban J connectivity index is 3.26. The molecule has 3 heteroatoms. The van der Waals surface area contributed by atoms with Gasteiger partial charge in [0.2, 0.25) is 5.91 Å². The van der Waals surface area contributed by atoms with Gasteiger partial charge in [0.05, 0.1) is 0 Å². The summed E-state index contributed by atoms with van der Waals surface area (Å²) in [5.41, 5.74) is 4.88. The molecule has 53 valence electrons. The molecule has 9 heavy (non-hydrogen) atoms. The van der Waals surface area contributed by atoms with Crippen molar-refractivity contribution in [2.45, 2.75) is 13.3 Å². The molecule has 0 fully saturated rings. The van der Waals surface area contributed by atoms with Crippen LogP contribution < -0.4 is 5.73 Å². The molecule has 0 aromatic heterocycles. The van der Waals surface area contributed by atoms with Crippen LogP contribution in [0.5, 0.6) is 0 Å². The smallest absolute Gasteiger partial charge is 0.217 e. The molecule has 0 spiro atoms.